The van der Waals surface area contributed by atoms with Crippen molar-refractivity contribution in [3.8, 4) is 0 Å². The van der Waals surface area contributed by atoms with Gasteiger partial charge in [-0.2, -0.15) is 0 Å². The van der Waals surface area contributed by atoms with Crippen LogP contribution in [0.5, 0.6) is 0 Å². The van der Waals surface area contributed by atoms with Gasteiger partial charge in [0.25, 0.3) is 0 Å². The van der Waals surface area contributed by atoms with Crippen molar-refractivity contribution in [3.05, 3.63) is 323 Å². The molecule has 0 spiro atoms. The van der Waals surface area contributed by atoms with Gasteiger partial charge in [-0.15, -0.1) is 35.3 Å². The van der Waals surface area contributed by atoms with E-state index in [1.54, 1.807) is 11.8 Å². The van der Waals surface area contributed by atoms with Crippen LogP contribution in [0.15, 0.2) is 273 Å². The maximum absolute atomic E-state index is 15.3. The number of thioether (sulfide) groups is 3. The minimum absolute atomic E-state index is 0.0821. The smallest absolute Gasteiger partial charge is 0.244 e. The molecule has 6 N–H and O–H groups in total. The van der Waals surface area contributed by atoms with Gasteiger partial charge in [-0.1, -0.05) is 273 Å². The normalized spacial score (nSPS) is 12.9. The summed E-state index contributed by atoms with van der Waals surface area (Å²) in [4.78, 5) is 44.1. The number of carbonyl (C=O) groups is 3. The van der Waals surface area contributed by atoms with E-state index in [1.165, 1.54) is 23.5 Å². The number of benzene rings is 9. The number of rotatable bonds is 23. The van der Waals surface area contributed by atoms with Crippen molar-refractivity contribution >= 4 is 53.0 Å². The third-order valence-corrected chi connectivity index (χ3v) is 18.6. The molecule has 380 valence electrons. The fraction of sp³-hybridized carbons (Fsp3) is 0.136. The lowest BCUT2D eigenvalue weighted by atomic mass is 9.84. The SMILES string of the molecule is NC(=O)[C@H](CSC(c1ccccc1)(c1ccccc1)c1ccccc1)NC(=O)[C@H](CSC(c1ccccc1)(c1ccccc1)c1ccccc1)NC(=O)[C@@H](N)CSC(c1ccccc1)(c1ccccc1)c1ccccc1. The molecule has 0 aliphatic carbocycles. The van der Waals surface area contributed by atoms with E-state index in [2.05, 4.69) is 120 Å². The lowest BCUT2D eigenvalue weighted by molar-refractivity contribution is -0.130. The molecule has 0 aromatic heterocycles. The van der Waals surface area contributed by atoms with E-state index < -0.39 is 50.1 Å². The summed E-state index contributed by atoms with van der Waals surface area (Å²) >= 11 is 4.62. The minimum atomic E-state index is -1.18. The minimum Gasteiger partial charge on any atom is -0.368 e. The summed E-state index contributed by atoms with van der Waals surface area (Å²) in [5.41, 5.74) is 22.4. The highest BCUT2D eigenvalue weighted by atomic mass is 32.2. The number of nitrogens with two attached hydrogens (primary N) is 2. The van der Waals surface area contributed by atoms with Crippen molar-refractivity contribution in [1.82, 2.24) is 10.6 Å². The first-order valence-corrected chi connectivity index (χ1v) is 28.3. The average Bonchev–Trinajstić information content (AvgIpc) is 3.50. The van der Waals surface area contributed by atoms with E-state index in [4.69, 9.17) is 11.5 Å². The maximum Gasteiger partial charge on any atom is 0.244 e. The zero-order valence-corrected chi connectivity index (χ0v) is 44.4. The Bertz CT molecular complexity index is 2950. The third-order valence-electron chi connectivity index (χ3n) is 13.7. The first-order chi connectivity index (χ1) is 37.3. The first-order valence-electron chi connectivity index (χ1n) is 25.3. The highest BCUT2D eigenvalue weighted by Crippen LogP contribution is 2.51. The highest BCUT2D eigenvalue weighted by Gasteiger charge is 2.42. The van der Waals surface area contributed by atoms with Gasteiger partial charge in [0.05, 0.1) is 20.3 Å². The van der Waals surface area contributed by atoms with Crippen LogP contribution in [-0.4, -0.2) is 53.1 Å². The molecule has 3 atom stereocenters. The van der Waals surface area contributed by atoms with Crippen molar-refractivity contribution in [1.29, 1.82) is 0 Å². The van der Waals surface area contributed by atoms with Gasteiger partial charge in [0, 0.05) is 17.3 Å². The van der Waals surface area contributed by atoms with E-state index in [0.29, 0.717) is 0 Å². The second-order valence-corrected chi connectivity index (χ2v) is 22.1. The Morgan fingerprint density at radius 1 is 0.316 bits per heavy atom. The zero-order valence-electron chi connectivity index (χ0n) is 41.9. The molecule has 9 aromatic carbocycles. The Balaban J connectivity index is 1.07. The number of carbonyl (C=O) groups excluding carboxylic acids is 3. The predicted molar refractivity (Wildman–Crippen MR) is 316 cm³/mol. The first kappa shape index (κ1) is 53.2. The van der Waals surface area contributed by atoms with Crippen molar-refractivity contribution in [2.75, 3.05) is 17.3 Å². The molecule has 3 amide bonds. The Morgan fingerprint density at radius 3 is 0.737 bits per heavy atom. The number of amides is 3. The van der Waals surface area contributed by atoms with Gasteiger partial charge in [-0.05, 0) is 50.1 Å². The molecule has 0 saturated heterocycles. The van der Waals surface area contributed by atoms with Crippen LogP contribution >= 0.6 is 35.3 Å². The molecule has 0 aliphatic heterocycles. The van der Waals surface area contributed by atoms with E-state index in [0.717, 1.165) is 50.1 Å². The van der Waals surface area contributed by atoms with E-state index in [1.807, 2.05) is 164 Å². The van der Waals surface area contributed by atoms with Crippen LogP contribution in [0, 0.1) is 0 Å². The Hall–Kier alpha value is -7.60. The third kappa shape index (κ3) is 11.6. The molecule has 0 bridgehead atoms. The molecule has 0 heterocycles. The predicted octanol–water partition coefficient (Wildman–Crippen LogP) is 11.9. The van der Waals surface area contributed by atoms with E-state index in [9.17, 15) is 9.59 Å². The van der Waals surface area contributed by atoms with Gasteiger partial charge in [-0.3, -0.25) is 14.4 Å². The van der Waals surface area contributed by atoms with Gasteiger partial charge in [0.2, 0.25) is 17.7 Å². The largest absolute Gasteiger partial charge is 0.368 e. The molecule has 9 aromatic rings. The number of hydrogen-bond donors (Lipinski definition) is 4. The molecule has 0 radical (unpaired) electrons. The lowest BCUT2D eigenvalue weighted by Crippen LogP contribution is -2.57. The van der Waals surface area contributed by atoms with Gasteiger partial charge in [0.1, 0.15) is 12.1 Å². The van der Waals surface area contributed by atoms with Crippen LogP contribution in [-0.2, 0) is 28.6 Å². The Morgan fingerprint density at radius 2 is 0.513 bits per heavy atom. The van der Waals surface area contributed by atoms with E-state index in [-0.39, 0.29) is 17.3 Å². The molecule has 0 fully saturated rings. The quantitative estimate of drug-likeness (QED) is 0.0470. The molecule has 0 aliphatic rings. The van der Waals surface area contributed by atoms with Crippen molar-refractivity contribution in [3.63, 3.8) is 0 Å². The number of primary amides is 1. The van der Waals surface area contributed by atoms with Crippen LogP contribution < -0.4 is 22.1 Å². The maximum atomic E-state index is 15.3. The second-order valence-electron chi connectivity index (χ2n) is 18.4. The van der Waals surface area contributed by atoms with E-state index >= 15 is 4.79 Å². The molecule has 0 unspecified atom stereocenters. The van der Waals surface area contributed by atoms with Crippen molar-refractivity contribution in [2.24, 2.45) is 11.5 Å². The fourth-order valence-corrected chi connectivity index (χ4v) is 14.6. The standard InChI is InChI=1S/C66H60N4O3S3/c67-58(46-74-64(49-28-10-1-11-29-49,50-30-12-2-13-31-50)51-32-14-3-15-33-51)62(72)70-60(48-76-66(55-40-22-7-23-41-55,56-42-24-8-25-43-56)57-44-26-9-27-45-57)63(73)69-59(61(68)71)47-75-65(52-34-16-4-17-35-52,53-36-18-5-19-37-53)54-38-20-6-21-39-54/h1-45,58-60H,46-48,67H2,(H2,68,71)(H,69,73)(H,70,72)/t58-,59-,60-/m0/s1. The zero-order chi connectivity index (χ0) is 52.6. The molecule has 9 rings (SSSR count). The molecular formula is C66H60N4O3S3. The summed E-state index contributed by atoms with van der Waals surface area (Å²) in [6.45, 7) is 0. The fourth-order valence-electron chi connectivity index (χ4n) is 9.94. The monoisotopic (exact) mass is 1050 g/mol. The van der Waals surface area contributed by atoms with Gasteiger partial charge in [-0.25, -0.2) is 0 Å². The summed E-state index contributed by atoms with van der Waals surface area (Å²) in [7, 11) is 0. The van der Waals surface area contributed by atoms with Crippen LogP contribution in [0.2, 0.25) is 0 Å². The summed E-state index contributed by atoms with van der Waals surface area (Å²) in [6.07, 6.45) is 0. The molecule has 7 nitrogen and oxygen atoms in total. The summed E-state index contributed by atoms with van der Waals surface area (Å²) in [6, 6.07) is 88.3. The summed E-state index contributed by atoms with van der Waals surface area (Å²) in [5, 5.41) is 6.18. The number of nitrogens with one attached hydrogen (secondary N) is 2. The number of hydrogen-bond acceptors (Lipinski definition) is 7. The van der Waals surface area contributed by atoms with Crippen molar-refractivity contribution < 1.29 is 14.4 Å². The molecular weight excluding hydrogens is 993 g/mol. The average molecular weight is 1050 g/mol. The summed E-state index contributed by atoms with van der Waals surface area (Å²) in [5.74, 6) is -1.41. The lowest BCUT2D eigenvalue weighted by Gasteiger charge is -2.37. The van der Waals surface area contributed by atoms with Gasteiger partial charge >= 0.3 is 0 Å². The second kappa shape index (κ2) is 25.3. The van der Waals surface area contributed by atoms with Crippen LogP contribution in [0.25, 0.3) is 0 Å². The Kier molecular flexibility index (Phi) is 17.7. The van der Waals surface area contributed by atoms with Crippen LogP contribution in [0.4, 0.5) is 0 Å². The van der Waals surface area contributed by atoms with Crippen LogP contribution in [0.1, 0.15) is 50.1 Å². The van der Waals surface area contributed by atoms with Gasteiger partial charge in [0.15, 0.2) is 0 Å². The topological polar surface area (TPSA) is 127 Å². The molecule has 0 saturated carbocycles. The molecule has 76 heavy (non-hydrogen) atoms. The Labute approximate surface area is 459 Å². The molecule has 10 heteroatoms. The van der Waals surface area contributed by atoms with Crippen LogP contribution in [0.3, 0.4) is 0 Å². The highest BCUT2D eigenvalue weighted by molar-refractivity contribution is 8.01. The van der Waals surface area contributed by atoms with Crippen molar-refractivity contribution in [2.45, 2.75) is 32.4 Å². The summed E-state index contributed by atoms with van der Waals surface area (Å²) < 4.78 is -2.38. The van der Waals surface area contributed by atoms with Gasteiger partial charge < -0.3 is 22.1 Å².